The second kappa shape index (κ2) is 2.81. The van der Waals surface area contributed by atoms with Crippen molar-refractivity contribution >= 4 is 0 Å². The van der Waals surface area contributed by atoms with E-state index in [-0.39, 0.29) is 11.4 Å². The Hall–Kier alpha value is -0.890. The molecule has 1 aliphatic rings. The SMILES string of the molecule is CCC1(N)CC1c1cccc(F)c1. The molecule has 0 bridgehead atoms. The van der Waals surface area contributed by atoms with Crippen molar-refractivity contribution in [2.45, 2.75) is 31.2 Å². The van der Waals surface area contributed by atoms with Crippen LogP contribution in [0, 0.1) is 5.82 Å². The average molecular weight is 179 g/mol. The van der Waals surface area contributed by atoms with Crippen LogP contribution in [0.1, 0.15) is 31.2 Å². The van der Waals surface area contributed by atoms with Gasteiger partial charge in [0.2, 0.25) is 0 Å². The van der Waals surface area contributed by atoms with Crippen molar-refractivity contribution < 1.29 is 4.39 Å². The summed E-state index contributed by atoms with van der Waals surface area (Å²) in [4.78, 5) is 0. The van der Waals surface area contributed by atoms with Crippen molar-refractivity contribution in [1.82, 2.24) is 0 Å². The number of hydrogen-bond acceptors (Lipinski definition) is 1. The van der Waals surface area contributed by atoms with Crippen molar-refractivity contribution in [1.29, 1.82) is 0 Å². The van der Waals surface area contributed by atoms with E-state index in [9.17, 15) is 4.39 Å². The Morgan fingerprint density at radius 1 is 1.62 bits per heavy atom. The molecular weight excluding hydrogens is 165 g/mol. The van der Waals surface area contributed by atoms with Gasteiger partial charge in [0.15, 0.2) is 0 Å². The van der Waals surface area contributed by atoms with Gasteiger partial charge in [0, 0.05) is 11.5 Å². The lowest BCUT2D eigenvalue weighted by molar-refractivity contribution is 0.612. The maximum atomic E-state index is 12.9. The molecule has 0 heterocycles. The van der Waals surface area contributed by atoms with Gasteiger partial charge in [-0.3, -0.25) is 0 Å². The van der Waals surface area contributed by atoms with Gasteiger partial charge in [-0.2, -0.15) is 0 Å². The maximum absolute atomic E-state index is 12.9. The Morgan fingerprint density at radius 2 is 2.38 bits per heavy atom. The van der Waals surface area contributed by atoms with E-state index in [4.69, 9.17) is 5.73 Å². The van der Waals surface area contributed by atoms with E-state index in [1.54, 1.807) is 12.1 Å². The number of hydrogen-bond donors (Lipinski definition) is 1. The van der Waals surface area contributed by atoms with Crippen molar-refractivity contribution in [2.24, 2.45) is 5.73 Å². The Kier molecular flexibility index (Phi) is 1.88. The third-order valence-corrected chi connectivity index (χ3v) is 3.03. The molecule has 1 fully saturated rings. The molecule has 0 amide bonds. The van der Waals surface area contributed by atoms with Crippen molar-refractivity contribution in [3.63, 3.8) is 0 Å². The zero-order valence-corrected chi connectivity index (χ0v) is 7.76. The highest BCUT2D eigenvalue weighted by Gasteiger charge is 2.49. The molecule has 2 heteroatoms. The molecule has 1 aromatic carbocycles. The first-order valence-corrected chi connectivity index (χ1v) is 4.70. The summed E-state index contributed by atoms with van der Waals surface area (Å²) in [5.41, 5.74) is 7.03. The van der Waals surface area contributed by atoms with Gasteiger partial charge >= 0.3 is 0 Å². The first kappa shape index (κ1) is 8.70. The Labute approximate surface area is 77.8 Å². The molecule has 0 radical (unpaired) electrons. The van der Waals surface area contributed by atoms with E-state index in [1.165, 1.54) is 6.07 Å². The number of benzene rings is 1. The second-order valence-corrected chi connectivity index (χ2v) is 3.90. The maximum Gasteiger partial charge on any atom is 0.123 e. The molecule has 2 rings (SSSR count). The molecule has 1 aliphatic carbocycles. The minimum Gasteiger partial charge on any atom is -0.325 e. The predicted molar refractivity (Wildman–Crippen MR) is 51.0 cm³/mol. The van der Waals surface area contributed by atoms with Crippen LogP contribution >= 0.6 is 0 Å². The van der Waals surface area contributed by atoms with Gasteiger partial charge in [-0.25, -0.2) is 4.39 Å². The first-order valence-electron chi connectivity index (χ1n) is 4.70. The van der Waals surface area contributed by atoms with E-state index in [1.807, 2.05) is 6.07 Å². The number of halogens is 1. The summed E-state index contributed by atoms with van der Waals surface area (Å²) in [6.45, 7) is 2.08. The molecule has 1 nitrogen and oxygen atoms in total. The summed E-state index contributed by atoms with van der Waals surface area (Å²) in [6, 6.07) is 6.77. The van der Waals surface area contributed by atoms with Crippen LogP contribution in [0.2, 0.25) is 0 Å². The van der Waals surface area contributed by atoms with Gasteiger partial charge in [0.05, 0.1) is 0 Å². The second-order valence-electron chi connectivity index (χ2n) is 3.90. The summed E-state index contributed by atoms with van der Waals surface area (Å²) in [5.74, 6) is 0.205. The van der Waals surface area contributed by atoms with Crippen molar-refractivity contribution in [3.05, 3.63) is 35.6 Å². The Bertz CT molecular complexity index is 324. The molecule has 1 aromatic rings. The summed E-state index contributed by atoms with van der Waals surface area (Å²) in [6.07, 6.45) is 1.96. The van der Waals surface area contributed by atoms with Crippen LogP contribution in [0.15, 0.2) is 24.3 Å². The number of nitrogens with two attached hydrogens (primary N) is 1. The number of rotatable bonds is 2. The van der Waals surface area contributed by atoms with Crippen LogP contribution in [-0.4, -0.2) is 5.54 Å². The van der Waals surface area contributed by atoms with Gasteiger partial charge in [-0.05, 0) is 30.5 Å². The molecule has 0 aliphatic heterocycles. The molecule has 0 saturated heterocycles. The summed E-state index contributed by atoms with van der Waals surface area (Å²) in [5, 5.41) is 0. The van der Waals surface area contributed by atoms with Gasteiger partial charge in [0.25, 0.3) is 0 Å². The summed E-state index contributed by atoms with van der Waals surface area (Å²) in [7, 11) is 0. The molecule has 2 N–H and O–H groups in total. The molecule has 0 spiro atoms. The fourth-order valence-corrected chi connectivity index (χ4v) is 1.88. The predicted octanol–water partition coefficient (Wildman–Crippen LogP) is 2.42. The summed E-state index contributed by atoms with van der Waals surface area (Å²) >= 11 is 0. The highest BCUT2D eigenvalue weighted by molar-refractivity contribution is 5.32. The molecule has 1 saturated carbocycles. The third-order valence-electron chi connectivity index (χ3n) is 3.03. The lowest BCUT2D eigenvalue weighted by atomic mass is 10.1. The minimum absolute atomic E-state index is 0.0617. The van der Waals surface area contributed by atoms with E-state index < -0.39 is 0 Å². The lowest BCUT2D eigenvalue weighted by Gasteiger charge is -2.07. The normalized spacial score (nSPS) is 31.8. The van der Waals surface area contributed by atoms with Gasteiger partial charge in [0.1, 0.15) is 5.82 Å². The largest absolute Gasteiger partial charge is 0.325 e. The zero-order chi connectivity index (χ0) is 9.47. The first-order chi connectivity index (χ1) is 6.15. The van der Waals surface area contributed by atoms with Crippen LogP contribution in [0.25, 0.3) is 0 Å². The highest BCUT2D eigenvalue weighted by atomic mass is 19.1. The van der Waals surface area contributed by atoms with Crippen molar-refractivity contribution in [3.8, 4) is 0 Å². The smallest absolute Gasteiger partial charge is 0.123 e. The summed E-state index contributed by atoms with van der Waals surface area (Å²) < 4.78 is 12.9. The highest BCUT2D eigenvalue weighted by Crippen LogP contribution is 2.51. The topological polar surface area (TPSA) is 26.0 Å². The molecule has 13 heavy (non-hydrogen) atoms. The van der Waals surface area contributed by atoms with Gasteiger partial charge in [-0.15, -0.1) is 0 Å². The van der Waals surface area contributed by atoms with E-state index in [0.29, 0.717) is 5.92 Å². The monoisotopic (exact) mass is 179 g/mol. The Morgan fingerprint density at radius 3 is 2.92 bits per heavy atom. The van der Waals surface area contributed by atoms with Gasteiger partial charge in [-0.1, -0.05) is 19.1 Å². The lowest BCUT2D eigenvalue weighted by Crippen LogP contribution is -2.22. The fourth-order valence-electron chi connectivity index (χ4n) is 1.88. The Balaban J connectivity index is 2.20. The molecular formula is C11H14FN. The average Bonchev–Trinajstić information content (AvgIpc) is 2.79. The standard InChI is InChI=1S/C11H14FN/c1-2-11(13)7-10(11)8-4-3-5-9(12)6-8/h3-6,10H,2,7,13H2,1H3. The third kappa shape index (κ3) is 1.46. The quantitative estimate of drug-likeness (QED) is 0.741. The minimum atomic E-state index is -0.164. The van der Waals surface area contributed by atoms with Crippen molar-refractivity contribution in [2.75, 3.05) is 0 Å². The van der Waals surface area contributed by atoms with Crippen LogP contribution in [0.4, 0.5) is 4.39 Å². The van der Waals surface area contributed by atoms with Crippen LogP contribution in [-0.2, 0) is 0 Å². The van der Waals surface area contributed by atoms with Crippen LogP contribution < -0.4 is 5.73 Å². The van der Waals surface area contributed by atoms with Crippen LogP contribution in [0.5, 0.6) is 0 Å². The molecule has 70 valence electrons. The van der Waals surface area contributed by atoms with Gasteiger partial charge < -0.3 is 5.73 Å². The van der Waals surface area contributed by atoms with E-state index >= 15 is 0 Å². The van der Waals surface area contributed by atoms with Crippen LogP contribution in [0.3, 0.4) is 0 Å². The fraction of sp³-hybridized carbons (Fsp3) is 0.455. The van der Waals surface area contributed by atoms with E-state index in [0.717, 1.165) is 18.4 Å². The molecule has 2 atom stereocenters. The zero-order valence-electron chi connectivity index (χ0n) is 7.76. The van der Waals surface area contributed by atoms with E-state index in [2.05, 4.69) is 6.92 Å². The molecule has 0 aromatic heterocycles. The molecule has 2 unspecified atom stereocenters.